The van der Waals surface area contributed by atoms with Gasteiger partial charge in [-0.1, -0.05) is 101 Å². The van der Waals surface area contributed by atoms with E-state index < -0.39 is 0 Å². The van der Waals surface area contributed by atoms with E-state index in [1.165, 1.54) is 4.90 Å². The lowest BCUT2D eigenvalue weighted by Crippen LogP contribution is -2.30. The Kier molecular flexibility index (Phi) is 4.88. The first-order valence-corrected chi connectivity index (χ1v) is 12.8. The number of carbonyl (C=O) groups excluding carboxylic acids is 2. The number of para-hydroxylation sites is 2. The fourth-order valence-electron chi connectivity index (χ4n) is 5.40. The van der Waals surface area contributed by atoms with Gasteiger partial charge in [0.2, 0.25) is 0 Å². The van der Waals surface area contributed by atoms with Crippen LogP contribution in [0.4, 0.5) is 5.69 Å². The minimum atomic E-state index is -0.314. The summed E-state index contributed by atoms with van der Waals surface area (Å²) in [5, 5.41) is 2.15. The molecule has 2 amide bonds. The molecule has 0 bridgehead atoms. The van der Waals surface area contributed by atoms with Gasteiger partial charge in [-0.05, 0) is 35.4 Å². The molecule has 0 atom stereocenters. The van der Waals surface area contributed by atoms with Crippen molar-refractivity contribution in [3.05, 3.63) is 125 Å². The van der Waals surface area contributed by atoms with Crippen molar-refractivity contribution in [1.29, 1.82) is 0 Å². The molecule has 1 aliphatic rings. The van der Waals surface area contributed by atoms with Gasteiger partial charge in [-0.2, -0.15) is 0 Å². The highest BCUT2D eigenvalue weighted by Crippen LogP contribution is 2.42. The number of anilines is 1. The van der Waals surface area contributed by atoms with Gasteiger partial charge in [-0.25, -0.2) is 4.90 Å². The van der Waals surface area contributed by atoms with Gasteiger partial charge in [0.05, 0.1) is 22.3 Å². The number of halogens is 1. The van der Waals surface area contributed by atoms with E-state index in [0.717, 1.165) is 48.5 Å². The molecular weight excluding hydrogens is 524 g/mol. The molecule has 0 unspecified atom stereocenters. The van der Waals surface area contributed by atoms with Crippen molar-refractivity contribution in [3.8, 4) is 22.3 Å². The minimum Gasteiger partial charge on any atom is -0.354 e. The third kappa shape index (κ3) is 3.21. The maximum Gasteiger partial charge on any atom is 0.266 e. The maximum absolute atomic E-state index is 14.0. The van der Waals surface area contributed by atoms with Gasteiger partial charge in [-0.3, -0.25) is 9.59 Å². The number of nitrogens with zero attached hydrogens (tertiary/aromatic N) is 1. The number of aromatic amines is 1. The smallest absolute Gasteiger partial charge is 0.266 e. The standard InChI is InChI=1S/C32H19BrN2O2/c33-25-18-17-22(30-29(25)23-12-4-6-15-26(23)34-30)21-13-8-14-24-28(21)32(37)35(31(24)36)27-16-7-5-11-20(27)19-9-2-1-3-10-19/h1-18,34H. The fourth-order valence-corrected chi connectivity index (χ4v) is 5.94. The molecule has 0 aliphatic carbocycles. The van der Waals surface area contributed by atoms with Crippen LogP contribution in [0, 0.1) is 0 Å². The molecule has 0 saturated carbocycles. The summed E-state index contributed by atoms with van der Waals surface area (Å²) in [4.78, 5) is 32.6. The van der Waals surface area contributed by atoms with Crippen LogP contribution in [0.5, 0.6) is 0 Å². The number of amides is 2. The molecule has 0 fully saturated rings. The van der Waals surface area contributed by atoms with Gasteiger partial charge in [0.1, 0.15) is 0 Å². The molecule has 37 heavy (non-hydrogen) atoms. The van der Waals surface area contributed by atoms with Crippen molar-refractivity contribution in [2.45, 2.75) is 0 Å². The third-order valence-electron chi connectivity index (χ3n) is 7.05. The molecule has 0 saturated heterocycles. The molecule has 1 aromatic heterocycles. The molecule has 6 aromatic rings. The second-order valence-electron chi connectivity index (χ2n) is 9.07. The molecular formula is C32H19BrN2O2. The van der Waals surface area contributed by atoms with Crippen LogP contribution in [0.3, 0.4) is 0 Å². The number of imide groups is 1. The summed E-state index contributed by atoms with van der Waals surface area (Å²) < 4.78 is 0.970. The summed E-state index contributed by atoms with van der Waals surface area (Å²) in [6, 6.07) is 35.0. The highest BCUT2D eigenvalue weighted by atomic mass is 79.9. The lowest BCUT2D eigenvalue weighted by Gasteiger charge is -2.18. The molecule has 5 aromatic carbocycles. The Morgan fingerprint density at radius 3 is 2.16 bits per heavy atom. The van der Waals surface area contributed by atoms with E-state index in [1.54, 1.807) is 6.07 Å². The highest BCUT2D eigenvalue weighted by molar-refractivity contribution is 9.10. The lowest BCUT2D eigenvalue weighted by atomic mass is 9.95. The largest absolute Gasteiger partial charge is 0.354 e. The van der Waals surface area contributed by atoms with Crippen molar-refractivity contribution < 1.29 is 9.59 Å². The molecule has 2 heterocycles. The topological polar surface area (TPSA) is 53.2 Å². The predicted molar refractivity (Wildman–Crippen MR) is 152 cm³/mol. The number of aromatic nitrogens is 1. The molecule has 0 spiro atoms. The Labute approximate surface area is 221 Å². The Bertz CT molecular complexity index is 1890. The molecule has 1 N–H and O–H groups in total. The fraction of sp³-hybridized carbons (Fsp3) is 0. The zero-order valence-electron chi connectivity index (χ0n) is 19.5. The Hall–Kier alpha value is -4.48. The lowest BCUT2D eigenvalue weighted by molar-refractivity contribution is 0.0926. The number of nitrogens with one attached hydrogen (secondary N) is 1. The van der Waals surface area contributed by atoms with Crippen molar-refractivity contribution >= 4 is 55.2 Å². The van der Waals surface area contributed by atoms with Crippen molar-refractivity contribution in [2.75, 3.05) is 4.90 Å². The molecule has 4 nitrogen and oxygen atoms in total. The van der Waals surface area contributed by atoms with E-state index >= 15 is 0 Å². The normalized spacial score (nSPS) is 13.1. The SMILES string of the molecule is O=C1c2cccc(-c3ccc(Br)c4c3[nH]c3ccccc34)c2C(=O)N1c1ccccc1-c1ccccc1. The number of H-pyrrole nitrogens is 1. The monoisotopic (exact) mass is 542 g/mol. The average Bonchev–Trinajstić information content (AvgIpc) is 3.45. The molecule has 176 valence electrons. The van der Waals surface area contributed by atoms with Crippen LogP contribution in [-0.4, -0.2) is 16.8 Å². The van der Waals surface area contributed by atoms with Gasteiger partial charge in [-0.15, -0.1) is 0 Å². The average molecular weight is 543 g/mol. The summed E-state index contributed by atoms with van der Waals surface area (Å²) in [5.74, 6) is -0.624. The van der Waals surface area contributed by atoms with Crippen LogP contribution in [0.1, 0.15) is 20.7 Å². The Morgan fingerprint density at radius 2 is 1.30 bits per heavy atom. The number of carbonyl (C=O) groups is 2. The predicted octanol–water partition coefficient (Wildman–Crippen LogP) is 8.22. The van der Waals surface area contributed by atoms with Crippen LogP contribution in [0.25, 0.3) is 44.1 Å². The number of rotatable bonds is 3. The summed E-state index contributed by atoms with van der Waals surface area (Å²) in [6.07, 6.45) is 0. The minimum absolute atomic E-state index is 0.310. The number of hydrogen-bond acceptors (Lipinski definition) is 2. The summed E-state index contributed by atoms with van der Waals surface area (Å²) in [5.41, 5.74) is 6.76. The third-order valence-corrected chi connectivity index (χ3v) is 7.71. The van der Waals surface area contributed by atoms with Gasteiger partial charge < -0.3 is 4.98 Å². The molecule has 1 aliphatic heterocycles. The summed E-state index contributed by atoms with van der Waals surface area (Å²) >= 11 is 3.71. The quantitative estimate of drug-likeness (QED) is 0.229. The Morgan fingerprint density at radius 1 is 0.595 bits per heavy atom. The number of hydrogen-bond donors (Lipinski definition) is 1. The van der Waals surface area contributed by atoms with E-state index in [-0.39, 0.29) is 11.8 Å². The van der Waals surface area contributed by atoms with Crippen molar-refractivity contribution in [1.82, 2.24) is 4.98 Å². The van der Waals surface area contributed by atoms with Crippen LogP contribution < -0.4 is 4.90 Å². The van der Waals surface area contributed by atoms with Crippen LogP contribution in [-0.2, 0) is 0 Å². The molecule has 0 radical (unpaired) electrons. The van der Waals surface area contributed by atoms with Crippen LogP contribution >= 0.6 is 15.9 Å². The number of benzene rings is 5. The van der Waals surface area contributed by atoms with Crippen molar-refractivity contribution in [3.63, 3.8) is 0 Å². The molecule has 5 heteroatoms. The summed E-state index contributed by atoms with van der Waals surface area (Å²) in [6.45, 7) is 0. The van der Waals surface area contributed by atoms with E-state index in [4.69, 9.17) is 0 Å². The first-order chi connectivity index (χ1) is 18.1. The van der Waals surface area contributed by atoms with E-state index in [9.17, 15) is 9.59 Å². The van der Waals surface area contributed by atoms with Gasteiger partial charge >= 0.3 is 0 Å². The van der Waals surface area contributed by atoms with Crippen molar-refractivity contribution in [2.24, 2.45) is 0 Å². The highest BCUT2D eigenvalue weighted by Gasteiger charge is 2.39. The van der Waals surface area contributed by atoms with Crippen LogP contribution in [0.15, 0.2) is 114 Å². The van der Waals surface area contributed by atoms with E-state index in [0.29, 0.717) is 16.8 Å². The van der Waals surface area contributed by atoms with Crippen LogP contribution in [0.2, 0.25) is 0 Å². The van der Waals surface area contributed by atoms with Gasteiger partial charge in [0.25, 0.3) is 11.8 Å². The summed E-state index contributed by atoms with van der Waals surface area (Å²) in [7, 11) is 0. The number of fused-ring (bicyclic) bond motifs is 4. The zero-order valence-corrected chi connectivity index (χ0v) is 21.1. The Balaban J connectivity index is 1.43. The first kappa shape index (κ1) is 21.8. The van der Waals surface area contributed by atoms with Gasteiger partial charge in [0.15, 0.2) is 0 Å². The second-order valence-corrected chi connectivity index (χ2v) is 9.93. The molecule has 7 rings (SSSR count). The zero-order chi connectivity index (χ0) is 25.1. The maximum atomic E-state index is 14.0. The van der Waals surface area contributed by atoms with E-state index in [1.807, 2.05) is 97.1 Å². The van der Waals surface area contributed by atoms with E-state index in [2.05, 4.69) is 27.0 Å². The van der Waals surface area contributed by atoms with Gasteiger partial charge in [0, 0.05) is 31.9 Å². The second kappa shape index (κ2) is 8.29. The first-order valence-electron chi connectivity index (χ1n) is 12.0.